The molecule has 0 aromatic heterocycles. The van der Waals surface area contributed by atoms with E-state index in [-0.39, 0.29) is 23.4 Å². The second-order valence-corrected chi connectivity index (χ2v) is 7.36. The first kappa shape index (κ1) is 18.6. The zero-order chi connectivity index (χ0) is 18.9. The number of hydrogen-bond acceptors (Lipinski definition) is 4. The van der Waals surface area contributed by atoms with Crippen molar-refractivity contribution in [3.63, 3.8) is 0 Å². The highest BCUT2D eigenvalue weighted by atomic mass is 19.1. The Labute approximate surface area is 153 Å². The van der Waals surface area contributed by atoms with Crippen LogP contribution >= 0.6 is 0 Å². The molecule has 0 atom stereocenters. The van der Waals surface area contributed by atoms with Crippen molar-refractivity contribution in [1.29, 1.82) is 0 Å². The smallest absolute Gasteiger partial charge is 0.488 e. The fraction of sp³-hybridized carbons (Fsp3) is 0.350. The molecule has 0 amide bonds. The molecule has 1 aliphatic rings. The van der Waals surface area contributed by atoms with Crippen molar-refractivity contribution < 1.29 is 23.2 Å². The number of carbonyl (C=O) groups excluding carboxylic acids is 1. The van der Waals surface area contributed by atoms with Gasteiger partial charge in [0.2, 0.25) is 0 Å². The topological polar surface area (TPSA) is 44.8 Å². The molecular formula is C20H22BFO4. The molecule has 4 nitrogen and oxygen atoms in total. The van der Waals surface area contributed by atoms with Gasteiger partial charge in [0, 0.05) is 5.46 Å². The van der Waals surface area contributed by atoms with Crippen LogP contribution in [0.2, 0.25) is 0 Å². The van der Waals surface area contributed by atoms with Crippen LogP contribution in [0.15, 0.2) is 42.5 Å². The van der Waals surface area contributed by atoms with Gasteiger partial charge < -0.3 is 14.0 Å². The SMILES string of the molecule is CC1(C)OB(c2ccc(OCc3ccccc3)c(C=O)c2F)OC1(C)C. The minimum absolute atomic E-state index is 0.131. The molecule has 3 rings (SSSR count). The molecule has 1 heterocycles. The molecule has 0 spiro atoms. The summed E-state index contributed by atoms with van der Waals surface area (Å²) in [5.74, 6) is -0.481. The van der Waals surface area contributed by atoms with Crippen molar-refractivity contribution in [2.24, 2.45) is 0 Å². The van der Waals surface area contributed by atoms with Crippen molar-refractivity contribution >= 4 is 18.9 Å². The summed E-state index contributed by atoms with van der Waals surface area (Å²) in [4.78, 5) is 11.5. The Morgan fingerprint density at radius 2 is 1.65 bits per heavy atom. The highest BCUT2D eigenvalue weighted by Crippen LogP contribution is 2.37. The lowest BCUT2D eigenvalue weighted by Crippen LogP contribution is -2.41. The van der Waals surface area contributed by atoms with Crippen molar-refractivity contribution in [2.45, 2.75) is 45.5 Å². The summed E-state index contributed by atoms with van der Waals surface area (Å²) < 4.78 is 32.3. The molecule has 0 bridgehead atoms. The van der Waals surface area contributed by atoms with Gasteiger partial charge >= 0.3 is 7.12 Å². The lowest BCUT2D eigenvalue weighted by Gasteiger charge is -2.32. The van der Waals surface area contributed by atoms with Gasteiger partial charge in [-0.1, -0.05) is 36.4 Å². The van der Waals surface area contributed by atoms with Crippen LogP contribution in [-0.4, -0.2) is 24.6 Å². The molecule has 1 saturated heterocycles. The van der Waals surface area contributed by atoms with Crippen LogP contribution in [0.1, 0.15) is 43.6 Å². The molecular weight excluding hydrogens is 334 g/mol. The van der Waals surface area contributed by atoms with Crippen LogP contribution in [0.4, 0.5) is 4.39 Å². The summed E-state index contributed by atoms with van der Waals surface area (Å²) in [6.45, 7) is 7.81. The molecule has 0 aliphatic carbocycles. The molecule has 1 fully saturated rings. The van der Waals surface area contributed by atoms with Gasteiger partial charge in [-0.05, 0) is 39.3 Å². The van der Waals surface area contributed by atoms with Crippen LogP contribution in [0.5, 0.6) is 5.75 Å². The van der Waals surface area contributed by atoms with Gasteiger partial charge in [-0.25, -0.2) is 4.39 Å². The normalized spacial score (nSPS) is 18.0. The Bertz CT molecular complexity index is 789. The number of benzene rings is 2. The monoisotopic (exact) mass is 356 g/mol. The van der Waals surface area contributed by atoms with E-state index in [0.717, 1.165) is 5.56 Å². The van der Waals surface area contributed by atoms with Crippen LogP contribution in [-0.2, 0) is 15.9 Å². The zero-order valence-electron chi connectivity index (χ0n) is 15.4. The van der Waals surface area contributed by atoms with Crippen LogP contribution in [0.3, 0.4) is 0 Å². The quantitative estimate of drug-likeness (QED) is 0.608. The van der Waals surface area contributed by atoms with Crippen LogP contribution < -0.4 is 10.2 Å². The second-order valence-electron chi connectivity index (χ2n) is 7.36. The predicted octanol–water partition coefficient (Wildman–Crippen LogP) is 3.52. The van der Waals surface area contributed by atoms with Gasteiger partial charge in [-0.3, -0.25) is 4.79 Å². The Kier molecular flexibility index (Phi) is 4.91. The van der Waals surface area contributed by atoms with E-state index in [0.29, 0.717) is 6.29 Å². The maximum absolute atomic E-state index is 14.9. The molecule has 0 radical (unpaired) electrons. The number of hydrogen-bond donors (Lipinski definition) is 0. The maximum Gasteiger partial charge on any atom is 0.497 e. The first-order chi connectivity index (χ1) is 12.2. The Morgan fingerprint density at radius 1 is 1.04 bits per heavy atom. The van der Waals surface area contributed by atoms with Crippen molar-refractivity contribution in [1.82, 2.24) is 0 Å². The lowest BCUT2D eigenvalue weighted by molar-refractivity contribution is 0.00578. The first-order valence-electron chi connectivity index (χ1n) is 8.55. The molecule has 1 aliphatic heterocycles. The van der Waals surface area contributed by atoms with Crippen molar-refractivity contribution in [2.75, 3.05) is 0 Å². The number of ether oxygens (including phenoxy) is 1. The van der Waals surface area contributed by atoms with Gasteiger partial charge in [0.1, 0.15) is 18.2 Å². The molecule has 136 valence electrons. The number of carbonyl (C=O) groups is 1. The standard InChI is InChI=1S/C20H22BFO4/c1-19(2)20(3,4)26-21(25-19)16-10-11-17(15(12-23)18(16)22)24-13-14-8-6-5-7-9-14/h5-12H,13H2,1-4H3. The van der Waals surface area contributed by atoms with E-state index in [1.54, 1.807) is 12.1 Å². The Hall–Kier alpha value is -2.18. The van der Waals surface area contributed by atoms with Crippen LogP contribution in [0, 0.1) is 5.82 Å². The minimum Gasteiger partial charge on any atom is -0.488 e. The lowest BCUT2D eigenvalue weighted by atomic mass is 9.77. The third-order valence-corrected chi connectivity index (χ3v) is 5.03. The van der Waals surface area contributed by atoms with E-state index >= 15 is 0 Å². The van der Waals surface area contributed by atoms with E-state index in [9.17, 15) is 9.18 Å². The summed E-state index contributed by atoms with van der Waals surface area (Å²) in [7, 11) is -0.873. The highest BCUT2D eigenvalue weighted by Gasteiger charge is 2.52. The average molecular weight is 356 g/mol. The zero-order valence-corrected chi connectivity index (χ0v) is 15.4. The first-order valence-corrected chi connectivity index (χ1v) is 8.55. The molecule has 6 heteroatoms. The predicted molar refractivity (Wildman–Crippen MR) is 98.3 cm³/mol. The highest BCUT2D eigenvalue weighted by molar-refractivity contribution is 6.62. The van der Waals surface area contributed by atoms with E-state index in [1.807, 2.05) is 58.0 Å². The van der Waals surface area contributed by atoms with Crippen molar-refractivity contribution in [3.8, 4) is 5.75 Å². The van der Waals surface area contributed by atoms with Crippen molar-refractivity contribution in [3.05, 3.63) is 59.4 Å². The number of halogens is 1. The summed E-state index contributed by atoms with van der Waals surface area (Å²) >= 11 is 0. The van der Waals surface area contributed by atoms with Gasteiger partial charge in [0.25, 0.3) is 0 Å². The van der Waals surface area contributed by atoms with Crippen LogP contribution in [0.25, 0.3) is 0 Å². The minimum atomic E-state index is -0.873. The summed E-state index contributed by atoms with van der Waals surface area (Å²) in [5.41, 5.74) is -0.187. The average Bonchev–Trinajstić information content (AvgIpc) is 2.81. The summed E-state index contributed by atoms with van der Waals surface area (Å²) in [6, 6.07) is 12.6. The molecule has 0 saturated carbocycles. The molecule has 0 N–H and O–H groups in total. The maximum atomic E-state index is 14.9. The van der Waals surface area contributed by atoms with Gasteiger partial charge in [-0.15, -0.1) is 0 Å². The molecule has 26 heavy (non-hydrogen) atoms. The third-order valence-electron chi connectivity index (χ3n) is 5.03. The fourth-order valence-electron chi connectivity index (χ4n) is 2.72. The van der Waals surface area contributed by atoms with Gasteiger partial charge in [0.15, 0.2) is 6.29 Å². The van der Waals surface area contributed by atoms with Gasteiger partial charge in [0.05, 0.1) is 16.8 Å². The second kappa shape index (κ2) is 6.85. The Morgan fingerprint density at radius 3 is 2.23 bits per heavy atom. The summed E-state index contributed by atoms with van der Waals surface area (Å²) in [6.07, 6.45) is 0.463. The third kappa shape index (κ3) is 3.39. The fourth-order valence-corrected chi connectivity index (χ4v) is 2.72. The number of rotatable bonds is 5. The number of aldehydes is 1. The molecule has 0 unspecified atom stereocenters. The van der Waals surface area contributed by atoms with E-state index in [4.69, 9.17) is 14.0 Å². The van der Waals surface area contributed by atoms with E-state index < -0.39 is 24.1 Å². The summed E-state index contributed by atoms with van der Waals surface area (Å²) in [5, 5.41) is 0. The largest absolute Gasteiger partial charge is 0.497 e. The molecule has 2 aromatic rings. The molecule has 2 aromatic carbocycles. The van der Waals surface area contributed by atoms with E-state index in [1.165, 1.54) is 0 Å². The van der Waals surface area contributed by atoms with Gasteiger partial charge in [-0.2, -0.15) is 0 Å². The van der Waals surface area contributed by atoms with E-state index in [2.05, 4.69) is 0 Å². The Balaban J connectivity index is 1.85.